The number of benzene rings is 1. The second-order valence-corrected chi connectivity index (χ2v) is 5.32. The molecule has 0 bridgehead atoms. The van der Waals surface area contributed by atoms with Crippen molar-refractivity contribution in [1.29, 1.82) is 0 Å². The number of hydrogen-bond acceptors (Lipinski definition) is 1. The van der Waals surface area contributed by atoms with E-state index in [-0.39, 0.29) is 0 Å². The maximum Gasteiger partial charge on any atom is 0.125 e. The van der Waals surface area contributed by atoms with Crippen molar-refractivity contribution in [3.8, 4) is 17.6 Å². The number of hydrogen-bond donors (Lipinski definition) is 0. The average molecular weight is 258 g/mol. The first-order valence-electron chi connectivity index (χ1n) is 7.17. The molecule has 0 aliphatic heterocycles. The Bertz CT molecular complexity index is 476. The van der Waals surface area contributed by atoms with Crippen LogP contribution in [0.5, 0.6) is 5.75 Å². The fourth-order valence-corrected chi connectivity index (χ4v) is 2.35. The van der Waals surface area contributed by atoms with Crippen LogP contribution < -0.4 is 4.74 Å². The highest BCUT2D eigenvalue weighted by Gasteiger charge is 2.19. The van der Waals surface area contributed by atoms with Crippen molar-refractivity contribution in [3.05, 3.63) is 28.8 Å². The summed E-state index contributed by atoms with van der Waals surface area (Å²) < 4.78 is 5.97. The standard InChI is InChI=1S/C18H26O/c1-7-9-14(4)16(6)17-12-13(3)11-15(5)18(17)19-10-8-2/h11-12,14,16H,8,10H2,1-6H3. The first kappa shape index (κ1) is 15.6. The van der Waals surface area contributed by atoms with E-state index in [1.165, 1.54) is 16.7 Å². The highest BCUT2D eigenvalue weighted by Crippen LogP contribution is 2.35. The number of aryl methyl sites for hydroxylation is 2. The minimum atomic E-state index is 0.343. The van der Waals surface area contributed by atoms with Gasteiger partial charge in [-0.3, -0.25) is 0 Å². The van der Waals surface area contributed by atoms with E-state index in [1.807, 2.05) is 6.92 Å². The summed E-state index contributed by atoms with van der Waals surface area (Å²) in [5.74, 6) is 8.07. The Kier molecular flexibility index (Phi) is 5.96. The fourth-order valence-electron chi connectivity index (χ4n) is 2.35. The molecule has 0 saturated carbocycles. The molecule has 0 radical (unpaired) electrons. The second kappa shape index (κ2) is 7.24. The van der Waals surface area contributed by atoms with Gasteiger partial charge in [-0.2, -0.15) is 0 Å². The minimum Gasteiger partial charge on any atom is -0.493 e. The van der Waals surface area contributed by atoms with Crippen LogP contribution in [0.25, 0.3) is 0 Å². The van der Waals surface area contributed by atoms with Gasteiger partial charge in [0.05, 0.1) is 6.61 Å². The summed E-state index contributed by atoms with van der Waals surface area (Å²) in [6, 6.07) is 4.44. The van der Waals surface area contributed by atoms with Crippen LogP contribution in [0.4, 0.5) is 0 Å². The molecule has 0 heterocycles. The van der Waals surface area contributed by atoms with Gasteiger partial charge >= 0.3 is 0 Å². The van der Waals surface area contributed by atoms with E-state index in [9.17, 15) is 0 Å². The van der Waals surface area contributed by atoms with Gasteiger partial charge < -0.3 is 4.74 Å². The molecule has 104 valence electrons. The molecule has 1 nitrogen and oxygen atoms in total. The molecule has 0 aliphatic carbocycles. The van der Waals surface area contributed by atoms with Gasteiger partial charge in [-0.1, -0.05) is 44.4 Å². The molecule has 2 atom stereocenters. The van der Waals surface area contributed by atoms with E-state index in [1.54, 1.807) is 0 Å². The van der Waals surface area contributed by atoms with Gasteiger partial charge in [0.25, 0.3) is 0 Å². The Morgan fingerprint density at radius 1 is 1.21 bits per heavy atom. The summed E-state index contributed by atoms with van der Waals surface area (Å²) in [6.07, 6.45) is 1.03. The Morgan fingerprint density at radius 3 is 2.47 bits per heavy atom. The van der Waals surface area contributed by atoms with Crippen molar-refractivity contribution in [2.75, 3.05) is 6.61 Å². The molecule has 1 aromatic carbocycles. The minimum absolute atomic E-state index is 0.343. The van der Waals surface area contributed by atoms with Crippen molar-refractivity contribution in [2.45, 2.75) is 53.9 Å². The highest BCUT2D eigenvalue weighted by atomic mass is 16.5. The molecule has 2 unspecified atom stereocenters. The normalized spacial score (nSPS) is 13.4. The molecule has 1 aromatic rings. The van der Waals surface area contributed by atoms with E-state index < -0.39 is 0 Å². The molecule has 0 saturated heterocycles. The highest BCUT2D eigenvalue weighted by molar-refractivity contribution is 5.46. The smallest absolute Gasteiger partial charge is 0.125 e. The van der Waals surface area contributed by atoms with Crippen LogP contribution >= 0.6 is 0 Å². The largest absolute Gasteiger partial charge is 0.493 e. The molecule has 0 aliphatic rings. The zero-order chi connectivity index (χ0) is 14.4. The summed E-state index contributed by atoms with van der Waals surface area (Å²) in [5.41, 5.74) is 3.81. The van der Waals surface area contributed by atoms with Gasteiger partial charge in [-0.05, 0) is 44.2 Å². The van der Waals surface area contributed by atoms with Gasteiger partial charge in [-0.25, -0.2) is 0 Å². The van der Waals surface area contributed by atoms with Crippen LogP contribution in [0.3, 0.4) is 0 Å². The van der Waals surface area contributed by atoms with E-state index >= 15 is 0 Å². The Balaban J connectivity index is 3.18. The lowest BCUT2D eigenvalue weighted by Crippen LogP contribution is -2.09. The summed E-state index contributed by atoms with van der Waals surface area (Å²) >= 11 is 0. The number of rotatable bonds is 5. The molecule has 19 heavy (non-hydrogen) atoms. The van der Waals surface area contributed by atoms with Crippen LogP contribution in [0, 0.1) is 31.6 Å². The van der Waals surface area contributed by atoms with Crippen LogP contribution in [0.1, 0.15) is 56.7 Å². The van der Waals surface area contributed by atoms with E-state index in [0.29, 0.717) is 11.8 Å². The van der Waals surface area contributed by atoms with Crippen LogP contribution in [0.15, 0.2) is 12.1 Å². The second-order valence-electron chi connectivity index (χ2n) is 5.32. The van der Waals surface area contributed by atoms with Crippen molar-refractivity contribution < 1.29 is 4.74 Å². The van der Waals surface area contributed by atoms with Crippen LogP contribution in [0.2, 0.25) is 0 Å². The zero-order valence-corrected chi connectivity index (χ0v) is 13.1. The summed E-state index contributed by atoms with van der Waals surface area (Å²) in [4.78, 5) is 0. The molecular formula is C18H26O. The molecule has 0 spiro atoms. The maximum atomic E-state index is 5.97. The molecule has 0 N–H and O–H groups in total. The van der Waals surface area contributed by atoms with E-state index in [4.69, 9.17) is 4.74 Å². The predicted molar refractivity (Wildman–Crippen MR) is 82.7 cm³/mol. The SMILES string of the molecule is CC#CC(C)C(C)c1cc(C)cc(C)c1OCCC. The zero-order valence-electron chi connectivity index (χ0n) is 13.1. The van der Waals surface area contributed by atoms with Gasteiger partial charge in [0.15, 0.2) is 0 Å². The van der Waals surface area contributed by atoms with Gasteiger partial charge in [0, 0.05) is 5.92 Å². The summed E-state index contributed by atoms with van der Waals surface area (Å²) in [6.45, 7) is 13.5. The lowest BCUT2D eigenvalue weighted by molar-refractivity contribution is 0.309. The van der Waals surface area contributed by atoms with Crippen molar-refractivity contribution in [1.82, 2.24) is 0 Å². The number of ether oxygens (including phenoxy) is 1. The fraction of sp³-hybridized carbons (Fsp3) is 0.556. The third-order valence-electron chi connectivity index (χ3n) is 3.51. The lowest BCUT2D eigenvalue weighted by atomic mass is 9.86. The van der Waals surface area contributed by atoms with Crippen molar-refractivity contribution in [2.24, 2.45) is 5.92 Å². The lowest BCUT2D eigenvalue weighted by Gasteiger charge is -2.22. The molecule has 0 amide bonds. The Labute approximate surface area is 118 Å². The first-order valence-corrected chi connectivity index (χ1v) is 7.17. The molecule has 1 rings (SSSR count). The molecule has 0 fully saturated rings. The monoisotopic (exact) mass is 258 g/mol. The topological polar surface area (TPSA) is 9.23 Å². The van der Waals surface area contributed by atoms with Gasteiger partial charge in [-0.15, -0.1) is 5.92 Å². The van der Waals surface area contributed by atoms with Crippen LogP contribution in [-0.4, -0.2) is 6.61 Å². The summed E-state index contributed by atoms with van der Waals surface area (Å²) in [7, 11) is 0. The van der Waals surface area contributed by atoms with Crippen molar-refractivity contribution >= 4 is 0 Å². The van der Waals surface area contributed by atoms with E-state index in [0.717, 1.165) is 18.8 Å². The average Bonchev–Trinajstić information content (AvgIpc) is 2.36. The first-order chi connectivity index (χ1) is 9.01. The third-order valence-corrected chi connectivity index (χ3v) is 3.51. The van der Waals surface area contributed by atoms with Crippen LogP contribution in [-0.2, 0) is 0 Å². The van der Waals surface area contributed by atoms with E-state index in [2.05, 4.69) is 58.6 Å². The summed E-state index contributed by atoms with van der Waals surface area (Å²) in [5, 5.41) is 0. The van der Waals surface area contributed by atoms with Gasteiger partial charge in [0.2, 0.25) is 0 Å². The Morgan fingerprint density at radius 2 is 1.89 bits per heavy atom. The third kappa shape index (κ3) is 4.03. The molecule has 1 heteroatoms. The van der Waals surface area contributed by atoms with Crippen molar-refractivity contribution in [3.63, 3.8) is 0 Å². The Hall–Kier alpha value is -1.42. The molecule has 0 aromatic heterocycles. The predicted octanol–water partition coefficient (Wildman–Crippen LogP) is 4.86. The quantitative estimate of drug-likeness (QED) is 0.686. The maximum absolute atomic E-state index is 5.97. The molecular weight excluding hydrogens is 232 g/mol. The van der Waals surface area contributed by atoms with Gasteiger partial charge in [0.1, 0.15) is 5.75 Å².